The number of anilines is 1. The van der Waals surface area contributed by atoms with Crippen molar-refractivity contribution >= 4 is 21.7 Å². The summed E-state index contributed by atoms with van der Waals surface area (Å²) in [6.07, 6.45) is 2.79. The van der Waals surface area contributed by atoms with E-state index >= 15 is 0 Å². The molecule has 0 spiro atoms. The molecule has 2 heterocycles. The number of urea groups is 1. The molecular weight excluding hydrogens is 520 g/mol. The van der Waals surface area contributed by atoms with Crippen molar-refractivity contribution in [2.45, 2.75) is 30.9 Å². The van der Waals surface area contributed by atoms with Gasteiger partial charge in [0.2, 0.25) is 10.0 Å². The van der Waals surface area contributed by atoms with Crippen molar-refractivity contribution in [3.8, 4) is 22.6 Å². The quantitative estimate of drug-likeness (QED) is 0.457. The monoisotopic (exact) mass is 554 g/mol. The highest BCUT2D eigenvalue weighted by Crippen LogP contribution is 2.36. The molecule has 0 saturated carbocycles. The number of nitrogens with zero attached hydrogens (tertiary/aromatic N) is 3. The third-order valence-electron chi connectivity index (χ3n) is 6.82. The van der Waals surface area contributed by atoms with Gasteiger partial charge in [0.15, 0.2) is 0 Å². The SMILES string of the molecule is COc1ccc(NC(=O)N(C)C[C@H]2Oc3cc(-c4ccncc4)ccc3S(=O)(=O)N([C@H](C)CO)C[C@H]2C)cc1. The fraction of sp³-hybridized carbons (Fsp3) is 0.357. The third kappa shape index (κ3) is 6.32. The Balaban J connectivity index is 1.65. The summed E-state index contributed by atoms with van der Waals surface area (Å²) in [7, 11) is -0.735. The summed E-state index contributed by atoms with van der Waals surface area (Å²) < 4.78 is 40.3. The van der Waals surface area contributed by atoms with Crippen LogP contribution in [0.3, 0.4) is 0 Å². The van der Waals surface area contributed by atoms with E-state index < -0.39 is 22.2 Å². The molecular formula is C28H34N4O6S. The summed E-state index contributed by atoms with van der Waals surface area (Å²) in [5.74, 6) is 0.572. The Hall–Kier alpha value is -3.67. The number of aliphatic hydroxyl groups is 1. The molecule has 3 aromatic rings. The van der Waals surface area contributed by atoms with Gasteiger partial charge < -0.3 is 24.8 Å². The zero-order chi connectivity index (χ0) is 28.2. The van der Waals surface area contributed by atoms with Crippen molar-refractivity contribution in [3.05, 3.63) is 67.0 Å². The standard InChI is InChI=1S/C28H34N4O6S/c1-19-16-32(20(2)18-33)39(35,36)27-10-5-22(21-11-13-29-14-12-21)15-25(27)38-26(19)17-31(3)28(34)30-23-6-8-24(37-4)9-7-23/h5-15,19-20,26,33H,16-18H2,1-4H3,(H,30,34)/t19-,20-,26-/m1/s1. The van der Waals surface area contributed by atoms with Crippen molar-refractivity contribution in [2.24, 2.45) is 5.92 Å². The van der Waals surface area contributed by atoms with Crippen molar-refractivity contribution in [1.82, 2.24) is 14.2 Å². The topological polar surface area (TPSA) is 121 Å². The lowest BCUT2D eigenvalue weighted by atomic mass is 10.0. The van der Waals surface area contributed by atoms with E-state index in [0.717, 1.165) is 11.1 Å². The summed E-state index contributed by atoms with van der Waals surface area (Å²) in [5, 5.41) is 12.7. The molecule has 0 saturated heterocycles. The Labute approximate surface area is 229 Å². The zero-order valence-corrected chi connectivity index (χ0v) is 23.3. The van der Waals surface area contributed by atoms with Gasteiger partial charge in [-0.3, -0.25) is 4.98 Å². The highest BCUT2D eigenvalue weighted by atomic mass is 32.2. The van der Waals surface area contributed by atoms with Crippen LogP contribution in [0.5, 0.6) is 11.5 Å². The van der Waals surface area contributed by atoms with Crippen LogP contribution in [-0.2, 0) is 10.0 Å². The minimum Gasteiger partial charge on any atom is -0.497 e. The van der Waals surface area contributed by atoms with E-state index in [0.29, 0.717) is 11.4 Å². The van der Waals surface area contributed by atoms with E-state index in [4.69, 9.17) is 9.47 Å². The molecule has 2 N–H and O–H groups in total. The highest BCUT2D eigenvalue weighted by Gasteiger charge is 2.38. The molecule has 0 bridgehead atoms. The third-order valence-corrected chi connectivity index (χ3v) is 8.84. The number of rotatable bonds is 7. The van der Waals surface area contributed by atoms with Crippen LogP contribution in [0.4, 0.5) is 10.5 Å². The molecule has 1 aromatic heterocycles. The number of hydrogen-bond donors (Lipinski definition) is 2. The van der Waals surface area contributed by atoms with Crippen LogP contribution in [-0.4, -0.2) is 79.7 Å². The second-order valence-electron chi connectivity index (χ2n) is 9.68. The van der Waals surface area contributed by atoms with Crippen molar-refractivity contribution in [2.75, 3.05) is 39.2 Å². The molecule has 0 fully saturated rings. The lowest BCUT2D eigenvalue weighted by molar-refractivity contribution is 0.0830. The van der Waals surface area contributed by atoms with Crippen molar-refractivity contribution in [3.63, 3.8) is 0 Å². The van der Waals surface area contributed by atoms with Crippen LogP contribution >= 0.6 is 0 Å². The number of hydrogen-bond acceptors (Lipinski definition) is 7. The molecule has 10 nitrogen and oxygen atoms in total. The lowest BCUT2D eigenvalue weighted by Crippen LogP contribution is -2.50. The molecule has 2 amide bonds. The minimum absolute atomic E-state index is 0.0165. The number of likely N-dealkylation sites (N-methyl/N-ethyl adjacent to an activating group) is 1. The first-order valence-electron chi connectivity index (χ1n) is 12.6. The van der Waals surface area contributed by atoms with Crippen LogP contribution in [0.2, 0.25) is 0 Å². The lowest BCUT2D eigenvalue weighted by Gasteiger charge is -2.37. The normalized spacial score (nSPS) is 19.5. The fourth-order valence-electron chi connectivity index (χ4n) is 4.41. The number of carbonyl (C=O) groups is 1. The summed E-state index contributed by atoms with van der Waals surface area (Å²) >= 11 is 0. The number of amides is 2. The molecule has 39 heavy (non-hydrogen) atoms. The largest absolute Gasteiger partial charge is 0.497 e. The van der Waals surface area contributed by atoms with Crippen LogP contribution in [0.15, 0.2) is 71.9 Å². The summed E-state index contributed by atoms with van der Waals surface area (Å²) in [6.45, 7) is 3.54. The summed E-state index contributed by atoms with van der Waals surface area (Å²) in [6, 6.07) is 14.6. The van der Waals surface area contributed by atoms with Gasteiger partial charge in [-0.05, 0) is 66.6 Å². The van der Waals surface area contributed by atoms with Crippen molar-refractivity contribution < 1.29 is 27.8 Å². The molecule has 3 atom stereocenters. The molecule has 4 rings (SSSR count). The number of pyridine rings is 1. The predicted molar refractivity (Wildman–Crippen MR) is 148 cm³/mol. The first-order chi connectivity index (χ1) is 18.6. The fourth-order valence-corrected chi connectivity index (χ4v) is 6.24. The number of aliphatic hydroxyl groups excluding tert-OH is 1. The molecule has 2 aromatic carbocycles. The molecule has 1 aliphatic rings. The Morgan fingerprint density at radius 3 is 2.51 bits per heavy atom. The van der Waals surface area contributed by atoms with Gasteiger partial charge in [0.1, 0.15) is 22.5 Å². The molecule has 0 radical (unpaired) electrons. The maximum absolute atomic E-state index is 13.7. The van der Waals surface area contributed by atoms with Crippen LogP contribution < -0.4 is 14.8 Å². The highest BCUT2D eigenvalue weighted by molar-refractivity contribution is 7.89. The Morgan fingerprint density at radius 2 is 1.87 bits per heavy atom. The van der Waals surface area contributed by atoms with Gasteiger partial charge in [-0.1, -0.05) is 13.0 Å². The van der Waals surface area contributed by atoms with Crippen LogP contribution in [0, 0.1) is 5.92 Å². The van der Waals surface area contributed by atoms with Gasteiger partial charge in [-0.2, -0.15) is 4.31 Å². The average Bonchev–Trinajstić information content (AvgIpc) is 2.95. The van der Waals surface area contributed by atoms with E-state index in [1.54, 1.807) is 69.9 Å². The number of nitrogens with one attached hydrogen (secondary N) is 1. The number of benzene rings is 2. The zero-order valence-electron chi connectivity index (χ0n) is 22.4. The summed E-state index contributed by atoms with van der Waals surface area (Å²) in [5.41, 5.74) is 2.24. The number of sulfonamides is 1. The number of aromatic nitrogens is 1. The molecule has 0 unspecified atom stereocenters. The number of ether oxygens (including phenoxy) is 2. The van der Waals surface area contributed by atoms with Gasteiger partial charge in [0.05, 0.1) is 20.3 Å². The Bertz CT molecular complexity index is 1380. The number of carbonyl (C=O) groups excluding carboxylic acids is 1. The minimum atomic E-state index is -3.97. The Morgan fingerprint density at radius 1 is 1.18 bits per heavy atom. The van der Waals surface area contributed by atoms with E-state index in [1.165, 1.54) is 15.3 Å². The van der Waals surface area contributed by atoms with Crippen molar-refractivity contribution in [1.29, 1.82) is 0 Å². The Kier molecular flexibility index (Phi) is 8.73. The molecule has 1 aliphatic heterocycles. The maximum Gasteiger partial charge on any atom is 0.321 e. The molecule has 0 aliphatic carbocycles. The van der Waals surface area contributed by atoms with Crippen LogP contribution in [0.25, 0.3) is 11.1 Å². The van der Waals surface area contributed by atoms with E-state index in [1.807, 2.05) is 19.1 Å². The van der Waals surface area contributed by atoms with E-state index in [2.05, 4.69) is 10.3 Å². The van der Waals surface area contributed by atoms with Crippen LogP contribution in [0.1, 0.15) is 13.8 Å². The van der Waals surface area contributed by atoms with E-state index in [9.17, 15) is 18.3 Å². The second kappa shape index (κ2) is 12.0. The van der Waals surface area contributed by atoms with Gasteiger partial charge in [0, 0.05) is 43.6 Å². The first-order valence-corrected chi connectivity index (χ1v) is 14.1. The average molecular weight is 555 g/mol. The molecule has 11 heteroatoms. The number of fused-ring (bicyclic) bond motifs is 1. The smallest absolute Gasteiger partial charge is 0.321 e. The predicted octanol–water partition coefficient (Wildman–Crippen LogP) is 3.69. The van der Waals surface area contributed by atoms with E-state index in [-0.39, 0.29) is 42.3 Å². The van der Waals surface area contributed by atoms with Gasteiger partial charge >= 0.3 is 6.03 Å². The first kappa shape index (κ1) is 28.3. The van der Waals surface area contributed by atoms with Gasteiger partial charge in [0.25, 0.3) is 0 Å². The summed E-state index contributed by atoms with van der Waals surface area (Å²) in [4.78, 5) is 18.6. The van der Waals surface area contributed by atoms with Gasteiger partial charge in [-0.15, -0.1) is 0 Å². The molecule has 208 valence electrons. The maximum atomic E-state index is 13.7. The van der Waals surface area contributed by atoms with Gasteiger partial charge in [-0.25, -0.2) is 13.2 Å². The number of methoxy groups -OCH3 is 1. The second-order valence-corrected chi connectivity index (χ2v) is 11.5.